The molecule has 1 aromatic heterocycles. The van der Waals surface area contributed by atoms with E-state index in [0.717, 1.165) is 24.2 Å². The summed E-state index contributed by atoms with van der Waals surface area (Å²) in [4.78, 5) is 16.1. The normalized spacial score (nSPS) is 15.6. The van der Waals surface area contributed by atoms with E-state index in [9.17, 15) is 4.79 Å². The molecule has 0 unspecified atom stereocenters. The zero-order valence-electron chi connectivity index (χ0n) is 8.50. The number of nitrogen functional groups attached to an aromatic ring is 1. The average Bonchev–Trinajstić information content (AvgIpc) is 2.93. The predicted octanol–water partition coefficient (Wildman–Crippen LogP) is 1.87. The molecule has 0 atom stereocenters. The molecule has 2 N–H and O–H groups in total. The molecule has 0 bridgehead atoms. The molecule has 1 heterocycles. The van der Waals surface area contributed by atoms with Gasteiger partial charge in [-0.05, 0) is 32.8 Å². The SMILES string of the molecule is Cc1nc(C)c(C(=O)C2CC2)cc1N. The highest BCUT2D eigenvalue weighted by molar-refractivity contribution is 6.00. The van der Waals surface area contributed by atoms with Crippen LogP contribution >= 0.6 is 0 Å². The number of rotatable bonds is 2. The summed E-state index contributed by atoms with van der Waals surface area (Å²) in [5.41, 5.74) is 8.65. The number of carbonyl (C=O) groups excluding carboxylic acids is 1. The minimum atomic E-state index is 0.210. The molecule has 0 radical (unpaired) electrons. The molecule has 1 fully saturated rings. The molecule has 0 aliphatic heterocycles. The number of anilines is 1. The molecule has 0 spiro atoms. The Kier molecular flexibility index (Phi) is 2.02. The van der Waals surface area contributed by atoms with Crippen molar-refractivity contribution in [3.63, 3.8) is 0 Å². The van der Waals surface area contributed by atoms with Crippen LogP contribution in [0.15, 0.2) is 6.07 Å². The maximum absolute atomic E-state index is 11.8. The quantitative estimate of drug-likeness (QED) is 0.724. The van der Waals surface area contributed by atoms with Crippen molar-refractivity contribution < 1.29 is 4.79 Å². The van der Waals surface area contributed by atoms with Gasteiger partial charge in [0.05, 0.1) is 11.4 Å². The molecule has 74 valence electrons. The Morgan fingerprint density at radius 3 is 2.64 bits per heavy atom. The van der Waals surface area contributed by atoms with Crippen molar-refractivity contribution in [2.24, 2.45) is 5.92 Å². The van der Waals surface area contributed by atoms with Gasteiger partial charge in [-0.15, -0.1) is 0 Å². The summed E-state index contributed by atoms with van der Waals surface area (Å²) in [5.74, 6) is 0.444. The van der Waals surface area contributed by atoms with Gasteiger partial charge in [0.15, 0.2) is 5.78 Å². The maximum atomic E-state index is 11.8. The molecule has 1 aliphatic carbocycles. The van der Waals surface area contributed by atoms with Crippen molar-refractivity contribution in [3.05, 3.63) is 23.0 Å². The third-order valence-corrected chi connectivity index (χ3v) is 2.66. The molecule has 1 aromatic rings. The van der Waals surface area contributed by atoms with Crippen molar-refractivity contribution >= 4 is 11.5 Å². The van der Waals surface area contributed by atoms with E-state index in [1.165, 1.54) is 0 Å². The second-order valence-electron chi connectivity index (χ2n) is 3.93. The van der Waals surface area contributed by atoms with E-state index in [2.05, 4.69) is 4.98 Å². The van der Waals surface area contributed by atoms with E-state index >= 15 is 0 Å². The fourth-order valence-electron chi connectivity index (χ4n) is 1.56. The van der Waals surface area contributed by atoms with Crippen LogP contribution in [0, 0.1) is 19.8 Å². The molecule has 2 rings (SSSR count). The van der Waals surface area contributed by atoms with Gasteiger partial charge in [0.2, 0.25) is 0 Å². The number of aromatic nitrogens is 1. The van der Waals surface area contributed by atoms with Crippen LogP contribution in [-0.4, -0.2) is 10.8 Å². The van der Waals surface area contributed by atoms with Crippen LogP contribution in [0.3, 0.4) is 0 Å². The summed E-state index contributed by atoms with van der Waals surface area (Å²) in [5, 5.41) is 0. The van der Waals surface area contributed by atoms with Crippen LogP contribution in [-0.2, 0) is 0 Å². The van der Waals surface area contributed by atoms with Crippen molar-refractivity contribution in [1.29, 1.82) is 0 Å². The fourth-order valence-corrected chi connectivity index (χ4v) is 1.56. The molecule has 1 saturated carbocycles. The number of nitrogens with two attached hydrogens (primary N) is 1. The fraction of sp³-hybridized carbons (Fsp3) is 0.455. The third kappa shape index (κ3) is 1.50. The van der Waals surface area contributed by atoms with Gasteiger partial charge in [0.25, 0.3) is 0 Å². The van der Waals surface area contributed by atoms with Crippen LogP contribution in [0.2, 0.25) is 0 Å². The topological polar surface area (TPSA) is 56.0 Å². The third-order valence-electron chi connectivity index (χ3n) is 2.66. The smallest absolute Gasteiger partial charge is 0.167 e. The second-order valence-corrected chi connectivity index (χ2v) is 3.93. The van der Waals surface area contributed by atoms with E-state index in [1.807, 2.05) is 13.8 Å². The van der Waals surface area contributed by atoms with Gasteiger partial charge in [0, 0.05) is 17.2 Å². The lowest BCUT2D eigenvalue weighted by Crippen LogP contribution is -2.08. The van der Waals surface area contributed by atoms with Gasteiger partial charge in [-0.3, -0.25) is 9.78 Å². The van der Waals surface area contributed by atoms with Crippen LogP contribution in [0.1, 0.15) is 34.6 Å². The van der Waals surface area contributed by atoms with Crippen molar-refractivity contribution in [1.82, 2.24) is 4.98 Å². The number of hydrogen-bond acceptors (Lipinski definition) is 3. The first-order valence-electron chi connectivity index (χ1n) is 4.87. The molecule has 0 amide bonds. The first-order chi connectivity index (χ1) is 6.59. The Labute approximate surface area is 83.3 Å². The molecule has 1 aliphatic rings. The maximum Gasteiger partial charge on any atom is 0.167 e. The Morgan fingerprint density at radius 1 is 1.43 bits per heavy atom. The minimum absolute atomic E-state index is 0.210. The molecule has 0 saturated heterocycles. The van der Waals surface area contributed by atoms with Crippen LogP contribution in [0.5, 0.6) is 0 Å². The molecule has 0 aromatic carbocycles. The summed E-state index contributed by atoms with van der Waals surface area (Å²) < 4.78 is 0. The number of nitrogens with zero attached hydrogens (tertiary/aromatic N) is 1. The number of pyridine rings is 1. The molecule has 14 heavy (non-hydrogen) atoms. The van der Waals surface area contributed by atoms with E-state index < -0.39 is 0 Å². The van der Waals surface area contributed by atoms with Gasteiger partial charge in [-0.25, -0.2) is 0 Å². The minimum Gasteiger partial charge on any atom is -0.397 e. The Balaban J connectivity index is 2.41. The number of carbonyl (C=O) groups is 1. The summed E-state index contributed by atoms with van der Waals surface area (Å²) >= 11 is 0. The van der Waals surface area contributed by atoms with Gasteiger partial charge < -0.3 is 5.73 Å². The van der Waals surface area contributed by atoms with Crippen LogP contribution < -0.4 is 5.73 Å². The average molecular weight is 190 g/mol. The predicted molar refractivity (Wildman–Crippen MR) is 55.2 cm³/mol. The van der Waals surface area contributed by atoms with Gasteiger partial charge in [-0.2, -0.15) is 0 Å². The Bertz CT molecular complexity index is 395. The summed E-state index contributed by atoms with van der Waals surface area (Å²) in [6.07, 6.45) is 2.04. The number of Topliss-reactive ketones (excluding diaryl/α,β-unsaturated/α-hetero) is 1. The van der Waals surface area contributed by atoms with Gasteiger partial charge in [0.1, 0.15) is 0 Å². The van der Waals surface area contributed by atoms with Crippen molar-refractivity contribution in [2.75, 3.05) is 5.73 Å². The lowest BCUT2D eigenvalue weighted by molar-refractivity contribution is 0.0966. The molecular formula is C11H14N2O. The highest BCUT2D eigenvalue weighted by Crippen LogP contribution is 2.33. The highest BCUT2D eigenvalue weighted by atomic mass is 16.1. The Morgan fingerprint density at radius 2 is 2.07 bits per heavy atom. The molecule has 3 nitrogen and oxygen atoms in total. The summed E-state index contributed by atoms with van der Waals surface area (Å²) in [6.45, 7) is 3.72. The Hall–Kier alpha value is -1.38. The van der Waals surface area contributed by atoms with Gasteiger partial charge >= 0.3 is 0 Å². The lowest BCUT2D eigenvalue weighted by atomic mass is 10.0. The van der Waals surface area contributed by atoms with E-state index in [1.54, 1.807) is 6.07 Å². The van der Waals surface area contributed by atoms with E-state index in [0.29, 0.717) is 11.3 Å². The number of hydrogen-bond donors (Lipinski definition) is 1. The lowest BCUT2D eigenvalue weighted by Gasteiger charge is -2.06. The number of aryl methyl sites for hydroxylation is 2. The van der Waals surface area contributed by atoms with E-state index in [-0.39, 0.29) is 11.7 Å². The van der Waals surface area contributed by atoms with Gasteiger partial charge in [-0.1, -0.05) is 0 Å². The summed E-state index contributed by atoms with van der Waals surface area (Å²) in [7, 11) is 0. The zero-order chi connectivity index (χ0) is 10.3. The zero-order valence-corrected chi connectivity index (χ0v) is 8.50. The summed E-state index contributed by atoms with van der Waals surface area (Å²) in [6, 6.07) is 1.76. The van der Waals surface area contributed by atoms with Crippen molar-refractivity contribution in [2.45, 2.75) is 26.7 Å². The highest BCUT2D eigenvalue weighted by Gasteiger charge is 2.31. The van der Waals surface area contributed by atoms with E-state index in [4.69, 9.17) is 5.73 Å². The molecule has 3 heteroatoms. The largest absolute Gasteiger partial charge is 0.397 e. The first kappa shape index (κ1) is 9.19. The molecular weight excluding hydrogens is 176 g/mol. The van der Waals surface area contributed by atoms with Crippen molar-refractivity contribution in [3.8, 4) is 0 Å². The van der Waals surface area contributed by atoms with Crippen LogP contribution in [0.4, 0.5) is 5.69 Å². The number of ketones is 1. The standard InChI is InChI=1S/C11H14N2O/c1-6-9(11(14)8-3-4-8)5-10(12)7(2)13-6/h5,8H,3-4,12H2,1-2H3. The monoisotopic (exact) mass is 190 g/mol. The first-order valence-corrected chi connectivity index (χ1v) is 4.87. The van der Waals surface area contributed by atoms with Crippen LogP contribution in [0.25, 0.3) is 0 Å². The second kappa shape index (κ2) is 3.08.